The summed E-state index contributed by atoms with van der Waals surface area (Å²) in [5.74, 6) is -0.804. The molecule has 2 atom stereocenters. The van der Waals surface area contributed by atoms with E-state index in [1.54, 1.807) is 36.4 Å². The van der Waals surface area contributed by atoms with Crippen molar-refractivity contribution in [1.82, 2.24) is 10.2 Å². The van der Waals surface area contributed by atoms with Crippen LogP contribution in [-0.4, -0.2) is 43.8 Å². The summed E-state index contributed by atoms with van der Waals surface area (Å²) in [6, 6.07) is 29.3. The summed E-state index contributed by atoms with van der Waals surface area (Å²) in [6.07, 6.45) is 0.974. The number of benzene rings is 4. The van der Waals surface area contributed by atoms with Crippen molar-refractivity contribution in [1.29, 1.82) is 0 Å². The molecular weight excluding hydrogens is 718 g/mol. The first-order chi connectivity index (χ1) is 21.5. The minimum atomic E-state index is -4.16. The van der Waals surface area contributed by atoms with Gasteiger partial charge in [-0.15, -0.1) is 0 Å². The molecule has 236 valence electrons. The number of halogens is 2. The van der Waals surface area contributed by atoms with Gasteiger partial charge in [0.1, 0.15) is 12.6 Å². The second kappa shape index (κ2) is 15.7. The summed E-state index contributed by atoms with van der Waals surface area (Å²) in [6.45, 7) is 5.37. The first kappa shape index (κ1) is 34.4. The third-order valence-corrected chi connectivity index (χ3v) is 10.3. The predicted octanol–water partition coefficient (Wildman–Crippen LogP) is 7.27. The largest absolute Gasteiger partial charge is 0.352 e. The molecule has 0 aliphatic carbocycles. The molecule has 4 aromatic carbocycles. The predicted molar refractivity (Wildman–Crippen MR) is 186 cm³/mol. The summed E-state index contributed by atoms with van der Waals surface area (Å²) in [4.78, 5) is 30.0. The Morgan fingerprint density at radius 1 is 0.822 bits per heavy atom. The lowest BCUT2D eigenvalue weighted by Gasteiger charge is -2.34. The Bertz CT molecular complexity index is 1700. The highest BCUT2D eigenvalue weighted by atomic mass is 79.9. The first-order valence-corrected chi connectivity index (χ1v) is 17.7. The van der Waals surface area contributed by atoms with Crippen molar-refractivity contribution in [3.8, 4) is 0 Å². The SMILES string of the molecule is CCC(C)NC(=O)C(Cc1ccccc1)N(Cc1cccc(Br)c1)C(=O)CN(c1ccc(Br)cc1)S(=O)(=O)c1ccc(C)cc1. The van der Waals surface area contributed by atoms with Gasteiger partial charge in [0.05, 0.1) is 10.6 Å². The summed E-state index contributed by atoms with van der Waals surface area (Å²) in [7, 11) is -4.16. The summed E-state index contributed by atoms with van der Waals surface area (Å²) < 4.78 is 31.0. The van der Waals surface area contributed by atoms with Gasteiger partial charge in [-0.05, 0) is 79.9 Å². The zero-order chi connectivity index (χ0) is 32.6. The Labute approximate surface area is 283 Å². The maximum absolute atomic E-state index is 14.5. The smallest absolute Gasteiger partial charge is 0.264 e. The van der Waals surface area contributed by atoms with Crippen molar-refractivity contribution < 1.29 is 18.0 Å². The lowest BCUT2D eigenvalue weighted by atomic mass is 10.0. The van der Waals surface area contributed by atoms with Gasteiger partial charge in [-0.1, -0.05) is 98.9 Å². The second-order valence-electron chi connectivity index (χ2n) is 11.0. The maximum Gasteiger partial charge on any atom is 0.264 e. The zero-order valence-corrected chi connectivity index (χ0v) is 29.5. The highest BCUT2D eigenvalue weighted by molar-refractivity contribution is 9.10. The van der Waals surface area contributed by atoms with E-state index < -0.39 is 28.5 Å². The molecule has 0 spiro atoms. The topological polar surface area (TPSA) is 86.8 Å². The number of hydrogen-bond acceptors (Lipinski definition) is 4. The molecule has 7 nitrogen and oxygen atoms in total. The molecule has 0 aliphatic rings. The van der Waals surface area contributed by atoms with Crippen molar-refractivity contribution in [3.63, 3.8) is 0 Å². The van der Waals surface area contributed by atoms with Crippen LogP contribution < -0.4 is 9.62 Å². The van der Waals surface area contributed by atoms with E-state index in [0.29, 0.717) is 5.69 Å². The standard InChI is InChI=1S/C35H37Br2N3O4S/c1-4-26(3)38-35(42)33(22-27-9-6-5-7-10-27)39(23-28-11-8-12-30(37)21-28)34(41)24-40(31-17-15-29(36)16-18-31)45(43,44)32-19-13-25(2)14-20-32/h5-21,26,33H,4,22-24H2,1-3H3,(H,38,42). The van der Waals surface area contributed by atoms with Crippen LogP contribution in [0.25, 0.3) is 0 Å². The lowest BCUT2D eigenvalue weighted by molar-refractivity contribution is -0.140. The van der Waals surface area contributed by atoms with Gasteiger partial charge in [0.15, 0.2) is 0 Å². The quantitative estimate of drug-likeness (QED) is 0.156. The van der Waals surface area contributed by atoms with Gasteiger partial charge in [0.25, 0.3) is 10.0 Å². The Balaban J connectivity index is 1.80. The molecule has 0 saturated heterocycles. The van der Waals surface area contributed by atoms with E-state index in [4.69, 9.17) is 0 Å². The normalized spacial score (nSPS) is 12.6. The van der Waals surface area contributed by atoms with E-state index in [2.05, 4.69) is 37.2 Å². The van der Waals surface area contributed by atoms with E-state index in [9.17, 15) is 18.0 Å². The zero-order valence-electron chi connectivity index (χ0n) is 25.5. The van der Waals surface area contributed by atoms with Crippen LogP contribution in [0, 0.1) is 6.92 Å². The van der Waals surface area contributed by atoms with Crippen molar-refractivity contribution in [2.45, 2.75) is 57.1 Å². The van der Waals surface area contributed by atoms with Gasteiger partial charge in [0.2, 0.25) is 11.8 Å². The molecule has 0 fully saturated rings. The van der Waals surface area contributed by atoms with Crippen LogP contribution in [0.2, 0.25) is 0 Å². The van der Waals surface area contributed by atoms with Crippen LogP contribution in [0.1, 0.15) is 37.0 Å². The maximum atomic E-state index is 14.5. The molecule has 0 aliphatic heterocycles. The number of carbonyl (C=O) groups is 2. The van der Waals surface area contributed by atoms with Crippen LogP contribution in [0.5, 0.6) is 0 Å². The fraction of sp³-hybridized carbons (Fsp3) is 0.257. The van der Waals surface area contributed by atoms with E-state index >= 15 is 0 Å². The second-order valence-corrected chi connectivity index (χ2v) is 14.7. The van der Waals surface area contributed by atoms with Crippen LogP contribution in [0.3, 0.4) is 0 Å². The molecule has 45 heavy (non-hydrogen) atoms. The third-order valence-electron chi connectivity index (χ3n) is 7.52. The number of nitrogens with one attached hydrogen (secondary N) is 1. The number of rotatable bonds is 13. The molecule has 4 rings (SSSR count). The van der Waals surface area contributed by atoms with E-state index in [1.165, 1.54) is 17.0 Å². The van der Waals surface area contributed by atoms with E-state index in [1.807, 2.05) is 75.4 Å². The van der Waals surface area contributed by atoms with Crippen LogP contribution in [0.4, 0.5) is 5.69 Å². The highest BCUT2D eigenvalue weighted by Crippen LogP contribution is 2.27. The minimum Gasteiger partial charge on any atom is -0.352 e. The number of sulfonamides is 1. The highest BCUT2D eigenvalue weighted by Gasteiger charge is 2.35. The molecule has 4 aromatic rings. The summed E-state index contributed by atoms with van der Waals surface area (Å²) >= 11 is 6.93. The molecule has 0 heterocycles. The van der Waals surface area contributed by atoms with Gasteiger partial charge in [-0.25, -0.2) is 8.42 Å². The number of carbonyl (C=O) groups excluding carboxylic acids is 2. The van der Waals surface area contributed by atoms with Gasteiger partial charge in [0, 0.05) is 28.0 Å². The third kappa shape index (κ3) is 9.28. The van der Waals surface area contributed by atoms with E-state index in [0.717, 1.165) is 36.4 Å². The number of nitrogens with zero attached hydrogens (tertiary/aromatic N) is 2. The Morgan fingerprint density at radius 3 is 2.09 bits per heavy atom. The van der Waals surface area contributed by atoms with Gasteiger partial charge < -0.3 is 10.2 Å². The van der Waals surface area contributed by atoms with Crippen LogP contribution >= 0.6 is 31.9 Å². The van der Waals surface area contributed by atoms with Crippen molar-refractivity contribution in [2.75, 3.05) is 10.8 Å². The van der Waals surface area contributed by atoms with Crippen LogP contribution in [0.15, 0.2) is 117 Å². The lowest BCUT2D eigenvalue weighted by Crippen LogP contribution is -2.54. The first-order valence-electron chi connectivity index (χ1n) is 14.7. The summed E-state index contributed by atoms with van der Waals surface area (Å²) in [5, 5.41) is 3.06. The number of hydrogen-bond donors (Lipinski definition) is 1. The molecule has 0 radical (unpaired) electrons. The average Bonchev–Trinajstić information content (AvgIpc) is 3.02. The summed E-state index contributed by atoms with van der Waals surface area (Å²) in [5.41, 5.74) is 2.92. The van der Waals surface area contributed by atoms with Gasteiger partial charge in [-0.2, -0.15) is 0 Å². The molecule has 0 aromatic heterocycles. The average molecular weight is 756 g/mol. The van der Waals surface area contributed by atoms with Crippen LogP contribution in [-0.2, 0) is 32.6 Å². The Kier molecular flexibility index (Phi) is 12.0. The molecule has 2 unspecified atom stereocenters. The fourth-order valence-electron chi connectivity index (χ4n) is 4.80. The van der Waals surface area contributed by atoms with Gasteiger partial charge >= 0.3 is 0 Å². The molecule has 0 bridgehead atoms. The minimum absolute atomic E-state index is 0.0673. The fourth-order valence-corrected chi connectivity index (χ4v) is 6.93. The van der Waals surface area contributed by atoms with Crippen molar-refractivity contribution in [2.24, 2.45) is 0 Å². The Hall–Kier alpha value is -3.47. The molecule has 2 amide bonds. The molecule has 1 N–H and O–H groups in total. The molecular formula is C35H37Br2N3O4S. The van der Waals surface area contributed by atoms with Crippen molar-refractivity contribution >= 4 is 59.4 Å². The van der Waals surface area contributed by atoms with E-state index in [-0.39, 0.29) is 29.8 Å². The Morgan fingerprint density at radius 2 is 1.47 bits per heavy atom. The number of anilines is 1. The molecule has 0 saturated carbocycles. The number of aryl methyl sites for hydroxylation is 1. The number of amides is 2. The van der Waals surface area contributed by atoms with Gasteiger partial charge in [-0.3, -0.25) is 13.9 Å². The monoisotopic (exact) mass is 753 g/mol. The van der Waals surface area contributed by atoms with Crippen molar-refractivity contribution in [3.05, 3.63) is 129 Å². The molecule has 10 heteroatoms.